The summed E-state index contributed by atoms with van der Waals surface area (Å²) in [5.41, 5.74) is 9.71. The Balaban J connectivity index is 1.51. The van der Waals surface area contributed by atoms with Gasteiger partial charge in [-0.2, -0.15) is 5.10 Å². The third-order valence-electron chi connectivity index (χ3n) is 3.83. The van der Waals surface area contributed by atoms with Crippen molar-refractivity contribution in [3.63, 3.8) is 0 Å². The molecular formula is C19H22N4. The number of hydrogen-bond donors (Lipinski definition) is 2. The summed E-state index contributed by atoms with van der Waals surface area (Å²) in [7, 11) is 0. The zero-order chi connectivity index (χ0) is 15.9. The quantitative estimate of drug-likeness (QED) is 0.703. The Morgan fingerprint density at radius 2 is 1.70 bits per heavy atom. The molecule has 0 fully saturated rings. The standard InChI is InChI=1S/C19H22N4/c20-19(11-12-21-18-9-5-2-6-10-18)17-13-22-23(15-17)14-16-7-3-1-4-8-16/h1-10,13,15,19,21H,11-12,14,20H2. The van der Waals surface area contributed by atoms with Gasteiger partial charge in [-0.25, -0.2) is 0 Å². The van der Waals surface area contributed by atoms with Crippen LogP contribution in [0.5, 0.6) is 0 Å². The average Bonchev–Trinajstić information content (AvgIpc) is 3.05. The number of nitrogens with zero attached hydrogens (tertiary/aromatic N) is 2. The lowest BCUT2D eigenvalue weighted by molar-refractivity contribution is 0.664. The fourth-order valence-electron chi connectivity index (χ4n) is 2.52. The minimum Gasteiger partial charge on any atom is -0.385 e. The summed E-state index contributed by atoms with van der Waals surface area (Å²) in [6.07, 6.45) is 4.78. The molecule has 3 N–H and O–H groups in total. The largest absolute Gasteiger partial charge is 0.385 e. The lowest BCUT2D eigenvalue weighted by atomic mass is 10.1. The highest BCUT2D eigenvalue weighted by atomic mass is 15.3. The second-order valence-electron chi connectivity index (χ2n) is 5.64. The Labute approximate surface area is 137 Å². The smallest absolute Gasteiger partial charge is 0.0659 e. The van der Waals surface area contributed by atoms with E-state index >= 15 is 0 Å². The molecule has 23 heavy (non-hydrogen) atoms. The number of rotatable bonds is 7. The Morgan fingerprint density at radius 3 is 2.43 bits per heavy atom. The first kappa shape index (κ1) is 15.3. The number of benzene rings is 2. The number of nitrogens with one attached hydrogen (secondary N) is 1. The third kappa shape index (κ3) is 4.44. The lowest BCUT2D eigenvalue weighted by Crippen LogP contribution is -2.14. The molecule has 2 aromatic carbocycles. The van der Waals surface area contributed by atoms with Gasteiger partial charge in [-0.15, -0.1) is 0 Å². The van der Waals surface area contributed by atoms with Crippen molar-refractivity contribution in [1.29, 1.82) is 0 Å². The number of anilines is 1. The molecule has 0 spiro atoms. The van der Waals surface area contributed by atoms with Crippen LogP contribution in [0.25, 0.3) is 0 Å². The van der Waals surface area contributed by atoms with Gasteiger partial charge in [0.2, 0.25) is 0 Å². The molecule has 0 radical (unpaired) electrons. The molecule has 0 aliphatic rings. The molecule has 4 nitrogen and oxygen atoms in total. The van der Waals surface area contributed by atoms with Crippen molar-refractivity contribution in [3.05, 3.63) is 84.2 Å². The van der Waals surface area contributed by atoms with Gasteiger partial charge in [0.15, 0.2) is 0 Å². The van der Waals surface area contributed by atoms with E-state index in [1.165, 1.54) is 5.56 Å². The Morgan fingerprint density at radius 1 is 1.00 bits per heavy atom. The van der Waals surface area contributed by atoms with Crippen molar-refractivity contribution in [3.8, 4) is 0 Å². The molecule has 0 saturated carbocycles. The minimum atomic E-state index is -0.00395. The van der Waals surface area contributed by atoms with Gasteiger partial charge < -0.3 is 11.1 Å². The minimum absolute atomic E-state index is 0.00395. The summed E-state index contributed by atoms with van der Waals surface area (Å²) < 4.78 is 1.94. The molecule has 0 aliphatic carbocycles. The molecule has 118 valence electrons. The monoisotopic (exact) mass is 306 g/mol. The van der Waals surface area contributed by atoms with Crippen LogP contribution in [0.1, 0.15) is 23.6 Å². The lowest BCUT2D eigenvalue weighted by Gasteiger charge is -2.11. The SMILES string of the molecule is NC(CCNc1ccccc1)c1cnn(Cc2ccccc2)c1. The number of nitrogens with two attached hydrogens (primary N) is 1. The molecule has 1 atom stereocenters. The third-order valence-corrected chi connectivity index (χ3v) is 3.83. The van der Waals surface area contributed by atoms with Crippen LogP contribution in [0.3, 0.4) is 0 Å². The summed E-state index contributed by atoms with van der Waals surface area (Å²) in [5.74, 6) is 0. The van der Waals surface area contributed by atoms with Crippen LogP contribution in [0, 0.1) is 0 Å². The Hall–Kier alpha value is -2.59. The fourth-order valence-corrected chi connectivity index (χ4v) is 2.52. The molecule has 1 unspecified atom stereocenters. The number of hydrogen-bond acceptors (Lipinski definition) is 3. The molecule has 0 aliphatic heterocycles. The van der Waals surface area contributed by atoms with E-state index in [1.807, 2.05) is 53.5 Å². The van der Waals surface area contributed by atoms with E-state index in [0.717, 1.165) is 30.8 Å². The summed E-state index contributed by atoms with van der Waals surface area (Å²) in [6, 6.07) is 20.5. The van der Waals surface area contributed by atoms with E-state index in [1.54, 1.807) is 0 Å². The highest BCUT2D eigenvalue weighted by Gasteiger charge is 2.08. The van der Waals surface area contributed by atoms with Crippen molar-refractivity contribution >= 4 is 5.69 Å². The Bertz CT molecular complexity index is 707. The van der Waals surface area contributed by atoms with Crippen molar-refractivity contribution in [2.24, 2.45) is 5.73 Å². The van der Waals surface area contributed by atoms with Gasteiger partial charge in [0, 0.05) is 30.0 Å². The van der Waals surface area contributed by atoms with Gasteiger partial charge in [0.25, 0.3) is 0 Å². The van der Waals surface area contributed by atoms with Gasteiger partial charge in [-0.3, -0.25) is 4.68 Å². The second kappa shape index (κ2) is 7.61. The van der Waals surface area contributed by atoms with E-state index in [4.69, 9.17) is 5.73 Å². The number of aromatic nitrogens is 2. The van der Waals surface area contributed by atoms with E-state index in [0.29, 0.717) is 0 Å². The maximum Gasteiger partial charge on any atom is 0.0659 e. The summed E-state index contributed by atoms with van der Waals surface area (Å²) in [5, 5.41) is 7.80. The molecule has 1 aromatic heterocycles. The van der Waals surface area contributed by atoms with E-state index in [2.05, 4.69) is 34.7 Å². The summed E-state index contributed by atoms with van der Waals surface area (Å²) >= 11 is 0. The van der Waals surface area contributed by atoms with Gasteiger partial charge in [-0.05, 0) is 24.1 Å². The van der Waals surface area contributed by atoms with Crippen molar-refractivity contribution in [2.45, 2.75) is 19.0 Å². The van der Waals surface area contributed by atoms with Crippen LogP contribution in [0.15, 0.2) is 73.1 Å². The molecule has 0 bridgehead atoms. The van der Waals surface area contributed by atoms with E-state index in [9.17, 15) is 0 Å². The molecule has 0 amide bonds. The van der Waals surface area contributed by atoms with Gasteiger partial charge in [0.05, 0.1) is 12.7 Å². The topological polar surface area (TPSA) is 55.9 Å². The molecule has 4 heteroatoms. The van der Waals surface area contributed by atoms with E-state index in [-0.39, 0.29) is 6.04 Å². The first-order valence-corrected chi connectivity index (χ1v) is 7.92. The van der Waals surface area contributed by atoms with Crippen LogP contribution in [0.2, 0.25) is 0 Å². The van der Waals surface area contributed by atoms with Crippen molar-refractivity contribution in [1.82, 2.24) is 9.78 Å². The van der Waals surface area contributed by atoms with Crippen molar-refractivity contribution < 1.29 is 0 Å². The maximum absolute atomic E-state index is 6.27. The maximum atomic E-state index is 6.27. The normalized spacial score (nSPS) is 12.0. The van der Waals surface area contributed by atoms with Gasteiger partial charge in [-0.1, -0.05) is 48.5 Å². The van der Waals surface area contributed by atoms with Crippen LogP contribution in [0.4, 0.5) is 5.69 Å². The zero-order valence-corrected chi connectivity index (χ0v) is 13.1. The molecule has 3 rings (SSSR count). The summed E-state index contributed by atoms with van der Waals surface area (Å²) in [6.45, 7) is 1.62. The van der Waals surface area contributed by atoms with Crippen LogP contribution < -0.4 is 11.1 Å². The molecule has 1 heterocycles. The first-order valence-electron chi connectivity index (χ1n) is 7.92. The van der Waals surface area contributed by atoms with E-state index < -0.39 is 0 Å². The predicted molar refractivity (Wildman–Crippen MR) is 94.2 cm³/mol. The highest BCUT2D eigenvalue weighted by molar-refractivity contribution is 5.42. The highest BCUT2D eigenvalue weighted by Crippen LogP contribution is 2.14. The molecule has 0 saturated heterocycles. The fraction of sp³-hybridized carbons (Fsp3) is 0.211. The van der Waals surface area contributed by atoms with Gasteiger partial charge in [0.1, 0.15) is 0 Å². The summed E-state index contributed by atoms with van der Waals surface area (Å²) in [4.78, 5) is 0. The average molecular weight is 306 g/mol. The second-order valence-corrected chi connectivity index (χ2v) is 5.64. The van der Waals surface area contributed by atoms with Crippen molar-refractivity contribution in [2.75, 3.05) is 11.9 Å². The molecular weight excluding hydrogens is 284 g/mol. The van der Waals surface area contributed by atoms with Crippen LogP contribution >= 0.6 is 0 Å². The zero-order valence-electron chi connectivity index (χ0n) is 13.1. The van der Waals surface area contributed by atoms with Crippen LogP contribution in [-0.2, 0) is 6.54 Å². The molecule has 3 aromatic rings. The van der Waals surface area contributed by atoms with Crippen LogP contribution in [-0.4, -0.2) is 16.3 Å². The number of para-hydroxylation sites is 1. The van der Waals surface area contributed by atoms with Gasteiger partial charge >= 0.3 is 0 Å². The first-order chi connectivity index (χ1) is 11.3. The Kier molecular flexibility index (Phi) is 5.06. The predicted octanol–water partition coefficient (Wildman–Crippen LogP) is 3.43.